The normalized spacial score (nSPS) is 13.6. The van der Waals surface area contributed by atoms with E-state index in [0.717, 1.165) is 21.8 Å². The minimum atomic E-state index is -1.53. The van der Waals surface area contributed by atoms with E-state index in [2.05, 4.69) is 25.9 Å². The first-order valence-electron chi connectivity index (χ1n) is 16.0. The summed E-state index contributed by atoms with van der Waals surface area (Å²) >= 11 is 0. The molecular weight excluding hydrogens is 644 g/mol. The van der Waals surface area contributed by atoms with E-state index in [1.54, 1.807) is 24.5 Å². The molecule has 5 rings (SSSR count). The summed E-state index contributed by atoms with van der Waals surface area (Å²) in [5.74, 6) is -4.79. The Labute approximate surface area is 286 Å². The second-order valence-electron chi connectivity index (χ2n) is 12.1. The van der Waals surface area contributed by atoms with Crippen molar-refractivity contribution in [2.45, 2.75) is 56.3 Å². The van der Waals surface area contributed by atoms with Gasteiger partial charge in [0.05, 0.1) is 6.04 Å². The minimum absolute atomic E-state index is 0.0191. The molecule has 0 radical (unpaired) electrons. The number of hydrogen-bond donors (Lipinski definition) is 9. The Morgan fingerprint density at radius 2 is 1.12 bits per heavy atom. The van der Waals surface area contributed by atoms with Crippen molar-refractivity contribution in [3.05, 3.63) is 102 Å². The third-order valence-corrected chi connectivity index (χ3v) is 8.45. The van der Waals surface area contributed by atoms with Gasteiger partial charge in [-0.15, -0.1) is 0 Å². The summed E-state index contributed by atoms with van der Waals surface area (Å²) in [6, 6.07) is 15.8. The number of aromatic nitrogens is 2. The van der Waals surface area contributed by atoms with Crippen LogP contribution in [0.4, 0.5) is 0 Å². The average molecular weight is 683 g/mol. The molecule has 0 aliphatic heterocycles. The quantitative estimate of drug-likeness (QED) is 0.0739. The van der Waals surface area contributed by atoms with Crippen molar-refractivity contribution >= 4 is 51.5 Å². The van der Waals surface area contributed by atoms with Crippen LogP contribution in [0.15, 0.2) is 85.2 Å². The van der Waals surface area contributed by atoms with Crippen LogP contribution in [0.2, 0.25) is 0 Å². The number of nitrogens with two attached hydrogens (primary N) is 1. The highest BCUT2D eigenvalue weighted by atomic mass is 16.4. The molecule has 260 valence electrons. The summed E-state index contributed by atoms with van der Waals surface area (Å²) in [5, 5.41) is 37.9. The molecule has 0 saturated carbocycles. The molecule has 14 nitrogen and oxygen atoms in total. The van der Waals surface area contributed by atoms with Gasteiger partial charge < -0.3 is 47.0 Å². The van der Waals surface area contributed by atoms with Gasteiger partial charge in [-0.1, -0.05) is 48.5 Å². The molecule has 4 unspecified atom stereocenters. The highest BCUT2D eigenvalue weighted by Crippen LogP contribution is 2.21. The van der Waals surface area contributed by atoms with Gasteiger partial charge in [0.2, 0.25) is 17.7 Å². The summed E-state index contributed by atoms with van der Waals surface area (Å²) in [7, 11) is 0. The summed E-state index contributed by atoms with van der Waals surface area (Å²) in [6.45, 7) is 0. The summed E-state index contributed by atoms with van der Waals surface area (Å²) in [5.41, 5.74) is 9.91. The fourth-order valence-electron chi connectivity index (χ4n) is 5.79. The van der Waals surface area contributed by atoms with Crippen LogP contribution in [0.5, 0.6) is 5.75 Å². The lowest BCUT2D eigenvalue weighted by molar-refractivity contribution is -0.143. The van der Waals surface area contributed by atoms with Gasteiger partial charge in [-0.05, 0) is 53.8 Å². The standard InChI is InChI=1S/C36H38N6O8/c37-26(15-20-9-11-23(43)12-10-20)33(46)41-30(16-21-18-38-27-7-3-1-5-24(21)27)35(48)42-31(17-22-19-39-28-8-4-2-6-25(22)28)34(47)40-29(36(49)50)13-14-32(44)45/h1-12,18-19,26,29-31,38-39,43H,13-17,37H2,(H,40,47)(H,41,46)(H,42,48)(H,44,45)(H,49,50). The third-order valence-electron chi connectivity index (χ3n) is 8.45. The van der Waals surface area contributed by atoms with E-state index < -0.39 is 60.2 Å². The van der Waals surface area contributed by atoms with Crippen molar-refractivity contribution in [3.63, 3.8) is 0 Å². The number of carboxylic acid groups (broad SMARTS) is 2. The number of fused-ring (bicyclic) bond motifs is 2. The molecule has 2 heterocycles. The summed E-state index contributed by atoms with van der Waals surface area (Å²) in [6.07, 6.45) is 2.62. The Morgan fingerprint density at radius 3 is 1.62 bits per heavy atom. The average Bonchev–Trinajstić information content (AvgIpc) is 3.70. The van der Waals surface area contributed by atoms with Crippen LogP contribution in [-0.4, -0.2) is 79.1 Å². The number of hydrogen-bond acceptors (Lipinski definition) is 7. The van der Waals surface area contributed by atoms with Crippen molar-refractivity contribution < 1.29 is 39.3 Å². The smallest absolute Gasteiger partial charge is 0.326 e. The number of aliphatic carboxylic acids is 2. The molecule has 4 atom stereocenters. The van der Waals surface area contributed by atoms with E-state index in [4.69, 9.17) is 10.8 Å². The minimum Gasteiger partial charge on any atom is -0.508 e. The number of benzene rings is 3. The molecule has 10 N–H and O–H groups in total. The maximum absolute atomic E-state index is 14.1. The van der Waals surface area contributed by atoms with E-state index in [1.165, 1.54) is 12.1 Å². The Balaban J connectivity index is 1.42. The zero-order chi connectivity index (χ0) is 35.8. The molecular formula is C36H38N6O8. The molecule has 5 aromatic rings. The number of rotatable bonds is 16. The van der Waals surface area contributed by atoms with Crippen molar-refractivity contribution in [3.8, 4) is 5.75 Å². The van der Waals surface area contributed by atoms with Crippen LogP contribution >= 0.6 is 0 Å². The van der Waals surface area contributed by atoms with Crippen molar-refractivity contribution in [2.24, 2.45) is 5.73 Å². The number of para-hydroxylation sites is 2. The van der Waals surface area contributed by atoms with Crippen LogP contribution in [-0.2, 0) is 43.2 Å². The Kier molecular flexibility index (Phi) is 11.1. The molecule has 0 spiro atoms. The zero-order valence-corrected chi connectivity index (χ0v) is 26.9. The number of carbonyl (C=O) groups excluding carboxylic acids is 3. The van der Waals surface area contributed by atoms with E-state index in [0.29, 0.717) is 16.7 Å². The second-order valence-corrected chi connectivity index (χ2v) is 12.1. The lowest BCUT2D eigenvalue weighted by Crippen LogP contribution is -2.58. The number of carbonyl (C=O) groups is 5. The lowest BCUT2D eigenvalue weighted by Gasteiger charge is -2.25. The maximum atomic E-state index is 14.1. The van der Waals surface area contributed by atoms with Gasteiger partial charge in [-0.3, -0.25) is 19.2 Å². The van der Waals surface area contributed by atoms with Crippen molar-refractivity contribution in [1.29, 1.82) is 0 Å². The van der Waals surface area contributed by atoms with E-state index in [-0.39, 0.29) is 31.4 Å². The highest BCUT2D eigenvalue weighted by Gasteiger charge is 2.32. The van der Waals surface area contributed by atoms with E-state index >= 15 is 0 Å². The molecule has 3 amide bonds. The first-order chi connectivity index (χ1) is 24.0. The second kappa shape index (κ2) is 15.8. The van der Waals surface area contributed by atoms with Crippen LogP contribution in [0.3, 0.4) is 0 Å². The highest BCUT2D eigenvalue weighted by molar-refractivity contribution is 5.95. The van der Waals surface area contributed by atoms with Gasteiger partial charge in [-0.2, -0.15) is 0 Å². The summed E-state index contributed by atoms with van der Waals surface area (Å²) < 4.78 is 0. The first kappa shape index (κ1) is 35.2. The summed E-state index contributed by atoms with van der Waals surface area (Å²) in [4.78, 5) is 70.6. The molecule has 0 fully saturated rings. The van der Waals surface area contributed by atoms with Crippen LogP contribution < -0.4 is 21.7 Å². The van der Waals surface area contributed by atoms with Gasteiger partial charge in [-0.25, -0.2) is 4.79 Å². The maximum Gasteiger partial charge on any atom is 0.326 e. The van der Waals surface area contributed by atoms with Gasteiger partial charge in [0.15, 0.2) is 0 Å². The van der Waals surface area contributed by atoms with Crippen molar-refractivity contribution in [1.82, 2.24) is 25.9 Å². The predicted octanol–water partition coefficient (Wildman–Crippen LogP) is 2.11. The fraction of sp³-hybridized carbons (Fsp3) is 0.250. The van der Waals surface area contributed by atoms with Gasteiger partial charge in [0.25, 0.3) is 0 Å². The van der Waals surface area contributed by atoms with Crippen molar-refractivity contribution in [2.75, 3.05) is 0 Å². The zero-order valence-electron chi connectivity index (χ0n) is 26.9. The number of aromatic hydroxyl groups is 1. The molecule has 2 aromatic heterocycles. The third kappa shape index (κ3) is 8.85. The van der Waals surface area contributed by atoms with Crippen LogP contribution in [0.25, 0.3) is 21.8 Å². The first-order valence-corrected chi connectivity index (χ1v) is 16.0. The SMILES string of the molecule is NC(Cc1ccc(O)cc1)C(=O)NC(Cc1c[nH]c2ccccc12)C(=O)NC(Cc1c[nH]c2ccccc12)C(=O)NC(CCC(=O)O)C(=O)O. The number of H-pyrrole nitrogens is 2. The number of carboxylic acids is 2. The monoisotopic (exact) mass is 682 g/mol. The molecule has 3 aromatic carbocycles. The molecule has 0 saturated heterocycles. The Hall–Kier alpha value is -6.15. The predicted molar refractivity (Wildman–Crippen MR) is 184 cm³/mol. The van der Waals surface area contributed by atoms with Crippen LogP contribution in [0, 0.1) is 0 Å². The Morgan fingerprint density at radius 1 is 0.640 bits per heavy atom. The number of amides is 3. The van der Waals surface area contributed by atoms with Gasteiger partial charge in [0, 0.05) is 53.5 Å². The number of aromatic amines is 2. The molecule has 50 heavy (non-hydrogen) atoms. The molecule has 0 aliphatic carbocycles. The fourth-order valence-corrected chi connectivity index (χ4v) is 5.79. The van der Waals surface area contributed by atoms with E-state index in [9.17, 15) is 34.2 Å². The van der Waals surface area contributed by atoms with E-state index in [1.807, 2.05) is 48.5 Å². The largest absolute Gasteiger partial charge is 0.508 e. The van der Waals surface area contributed by atoms with Gasteiger partial charge in [0.1, 0.15) is 23.9 Å². The van der Waals surface area contributed by atoms with Gasteiger partial charge >= 0.3 is 11.9 Å². The molecule has 0 bridgehead atoms. The topological polar surface area (TPSA) is 240 Å². The molecule has 0 aliphatic rings. The molecule has 14 heteroatoms. The number of phenolic OH excluding ortho intramolecular Hbond substituents is 1. The van der Waals surface area contributed by atoms with Crippen LogP contribution in [0.1, 0.15) is 29.5 Å². The lowest BCUT2D eigenvalue weighted by atomic mass is 10.0. The number of nitrogens with one attached hydrogen (secondary N) is 5. The Bertz CT molecular complexity index is 2000. The number of phenols is 1.